The third-order valence-electron chi connectivity index (χ3n) is 4.46. The summed E-state index contributed by atoms with van der Waals surface area (Å²) in [6.07, 6.45) is 1.74. The van der Waals surface area contributed by atoms with Crippen LogP contribution in [0, 0.1) is 5.82 Å². The summed E-state index contributed by atoms with van der Waals surface area (Å²) >= 11 is 18.7. The van der Waals surface area contributed by atoms with Crippen molar-refractivity contribution in [1.82, 2.24) is 0 Å². The first-order valence-electron chi connectivity index (χ1n) is 9.11. The molecule has 1 aliphatic heterocycles. The van der Waals surface area contributed by atoms with E-state index < -0.39 is 5.82 Å². The number of halogens is 3. The fourth-order valence-corrected chi connectivity index (χ4v) is 4.68. The number of benzene rings is 3. The van der Waals surface area contributed by atoms with Crippen LogP contribution in [0.4, 0.5) is 10.1 Å². The number of thiocarbonyl (C=S) groups is 1. The van der Waals surface area contributed by atoms with Gasteiger partial charge in [-0.2, -0.15) is 0 Å². The second kappa shape index (κ2) is 9.40. The lowest BCUT2D eigenvalue weighted by atomic mass is 10.2. The van der Waals surface area contributed by atoms with Gasteiger partial charge in [0.1, 0.15) is 18.2 Å². The average molecular weight is 490 g/mol. The van der Waals surface area contributed by atoms with E-state index in [4.69, 9.17) is 40.2 Å². The maximum Gasteiger partial charge on any atom is 0.270 e. The molecule has 0 aliphatic carbocycles. The van der Waals surface area contributed by atoms with Crippen LogP contribution in [-0.4, -0.2) is 10.2 Å². The lowest BCUT2D eigenvalue weighted by molar-refractivity contribution is -0.113. The third kappa shape index (κ3) is 4.93. The maximum absolute atomic E-state index is 13.9. The molecular formula is C23H14Cl2FNO2S2. The lowest BCUT2D eigenvalue weighted by Crippen LogP contribution is -2.27. The molecule has 0 radical (unpaired) electrons. The molecule has 0 bridgehead atoms. The summed E-state index contributed by atoms with van der Waals surface area (Å²) in [4.78, 5) is 14.9. The number of thioether (sulfide) groups is 1. The number of hydrogen-bond acceptors (Lipinski definition) is 4. The number of carbonyl (C=O) groups is 1. The van der Waals surface area contributed by atoms with Crippen LogP contribution in [0.2, 0.25) is 10.0 Å². The van der Waals surface area contributed by atoms with Crippen LogP contribution in [0.1, 0.15) is 11.1 Å². The molecule has 0 N–H and O–H groups in total. The van der Waals surface area contributed by atoms with Crippen LogP contribution in [0.15, 0.2) is 71.6 Å². The Morgan fingerprint density at radius 1 is 1.06 bits per heavy atom. The molecule has 1 aliphatic rings. The van der Waals surface area contributed by atoms with Gasteiger partial charge in [0.05, 0.1) is 15.6 Å². The smallest absolute Gasteiger partial charge is 0.270 e. The van der Waals surface area contributed by atoms with Gasteiger partial charge in [-0.1, -0.05) is 71.4 Å². The zero-order chi connectivity index (χ0) is 22.0. The van der Waals surface area contributed by atoms with Gasteiger partial charge in [-0.25, -0.2) is 4.39 Å². The highest BCUT2D eigenvalue weighted by Gasteiger charge is 2.33. The van der Waals surface area contributed by atoms with E-state index in [1.165, 1.54) is 22.7 Å². The number of hydrogen-bond donors (Lipinski definition) is 0. The summed E-state index contributed by atoms with van der Waals surface area (Å²) < 4.78 is 20.1. The minimum atomic E-state index is -0.423. The summed E-state index contributed by atoms with van der Waals surface area (Å²) in [5, 5.41) is 0.830. The van der Waals surface area contributed by atoms with E-state index in [1.54, 1.807) is 60.7 Å². The van der Waals surface area contributed by atoms with Gasteiger partial charge in [0.15, 0.2) is 4.32 Å². The zero-order valence-electron chi connectivity index (χ0n) is 15.8. The number of rotatable bonds is 5. The molecule has 3 aromatic carbocycles. The minimum absolute atomic E-state index is 0.00809. The van der Waals surface area contributed by atoms with Crippen LogP contribution < -0.4 is 9.64 Å². The van der Waals surface area contributed by atoms with E-state index in [9.17, 15) is 9.18 Å². The van der Waals surface area contributed by atoms with Crippen molar-refractivity contribution in [3.8, 4) is 5.75 Å². The molecular weight excluding hydrogens is 476 g/mol. The van der Waals surface area contributed by atoms with Crippen molar-refractivity contribution < 1.29 is 13.9 Å². The average Bonchev–Trinajstić information content (AvgIpc) is 3.01. The van der Waals surface area contributed by atoms with Crippen molar-refractivity contribution in [3.05, 3.63) is 98.6 Å². The molecule has 31 heavy (non-hydrogen) atoms. The van der Waals surface area contributed by atoms with E-state index in [-0.39, 0.29) is 18.1 Å². The molecule has 3 nitrogen and oxygen atoms in total. The van der Waals surface area contributed by atoms with Crippen LogP contribution in [0.3, 0.4) is 0 Å². The molecule has 3 aromatic rings. The second-order valence-corrected chi connectivity index (χ2v) is 9.08. The van der Waals surface area contributed by atoms with Gasteiger partial charge in [0.25, 0.3) is 5.91 Å². The van der Waals surface area contributed by atoms with Crippen molar-refractivity contribution in [2.45, 2.75) is 6.61 Å². The Labute approximate surface area is 198 Å². The Hall–Kier alpha value is -2.38. The minimum Gasteiger partial charge on any atom is -0.489 e. The standard InChI is InChI=1S/C23H14Cl2FNO2S2/c24-15-5-2-6-16(12-15)27-22(28)21(31-23(27)30)11-14-4-1-7-17(10-14)29-13-18-19(25)8-3-9-20(18)26/h1-12H,13H2/b21-11+. The SMILES string of the molecule is O=C1/C(=C\c2cccc(OCc3c(F)cccc3Cl)c2)SC(=S)N1c1cccc(Cl)c1. The fourth-order valence-electron chi connectivity index (χ4n) is 2.98. The molecule has 0 saturated carbocycles. The molecule has 1 fully saturated rings. The summed E-state index contributed by atoms with van der Waals surface area (Å²) in [6, 6.07) is 18.6. The van der Waals surface area contributed by atoms with Crippen molar-refractivity contribution in [3.63, 3.8) is 0 Å². The maximum atomic E-state index is 13.9. The van der Waals surface area contributed by atoms with Gasteiger partial charge in [0, 0.05) is 10.6 Å². The van der Waals surface area contributed by atoms with Gasteiger partial charge in [-0.15, -0.1) is 0 Å². The third-order valence-corrected chi connectivity index (χ3v) is 6.35. The van der Waals surface area contributed by atoms with Crippen molar-refractivity contribution in [1.29, 1.82) is 0 Å². The predicted molar refractivity (Wildman–Crippen MR) is 129 cm³/mol. The number of anilines is 1. The van der Waals surface area contributed by atoms with Gasteiger partial charge in [-0.05, 0) is 54.1 Å². The molecule has 0 spiro atoms. The number of carbonyl (C=O) groups excluding carboxylic acids is 1. The quantitative estimate of drug-likeness (QED) is 0.282. The molecule has 0 unspecified atom stereocenters. The van der Waals surface area contributed by atoms with Crippen LogP contribution in [-0.2, 0) is 11.4 Å². The van der Waals surface area contributed by atoms with Crippen molar-refractivity contribution in [2.24, 2.45) is 0 Å². The van der Waals surface area contributed by atoms with E-state index in [2.05, 4.69) is 0 Å². The Balaban J connectivity index is 1.53. The monoisotopic (exact) mass is 489 g/mol. The first kappa shape index (κ1) is 21.8. The summed E-state index contributed by atoms with van der Waals surface area (Å²) in [7, 11) is 0. The predicted octanol–water partition coefficient (Wildman–Crippen LogP) is 7.12. The number of nitrogens with zero attached hydrogens (tertiary/aromatic N) is 1. The van der Waals surface area contributed by atoms with Gasteiger partial charge >= 0.3 is 0 Å². The fraction of sp³-hybridized carbons (Fsp3) is 0.0435. The Kier molecular flexibility index (Phi) is 6.62. The van der Waals surface area contributed by atoms with Gasteiger partial charge in [0.2, 0.25) is 0 Å². The molecule has 1 amide bonds. The Morgan fingerprint density at radius 2 is 1.84 bits per heavy atom. The summed E-state index contributed by atoms with van der Waals surface area (Å²) in [5.74, 6) is -0.117. The van der Waals surface area contributed by atoms with E-state index in [0.717, 1.165) is 5.56 Å². The summed E-state index contributed by atoms with van der Waals surface area (Å²) in [6.45, 7) is -0.00809. The highest BCUT2D eigenvalue weighted by molar-refractivity contribution is 8.27. The molecule has 4 rings (SSSR count). The molecule has 0 atom stereocenters. The normalized spacial score (nSPS) is 15.1. The lowest BCUT2D eigenvalue weighted by Gasteiger charge is -2.14. The zero-order valence-corrected chi connectivity index (χ0v) is 19.0. The largest absolute Gasteiger partial charge is 0.489 e. The van der Waals surface area contributed by atoms with Crippen LogP contribution in [0.25, 0.3) is 6.08 Å². The topological polar surface area (TPSA) is 29.5 Å². The Bertz CT molecular complexity index is 1200. The molecule has 1 saturated heterocycles. The van der Waals surface area contributed by atoms with Crippen molar-refractivity contribution in [2.75, 3.05) is 4.90 Å². The number of ether oxygens (including phenoxy) is 1. The van der Waals surface area contributed by atoms with Crippen molar-refractivity contribution >= 4 is 69.2 Å². The first-order valence-corrected chi connectivity index (χ1v) is 11.1. The molecule has 156 valence electrons. The molecule has 1 heterocycles. The van der Waals surface area contributed by atoms with Crippen LogP contribution in [0.5, 0.6) is 5.75 Å². The number of amides is 1. The van der Waals surface area contributed by atoms with E-state index in [0.29, 0.717) is 30.7 Å². The van der Waals surface area contributed by atoms with E-state index in [1.807, 2.05) is 6.07 Å². The van der Waals surface area contributed by atoms with E-state index >= 15 is 0 Å². The Morgan fingerprint density at radius 3 is 2.61 bits per heavy atom. The molecule has 8 heteroatoms. The highest BCUT2D eigenvalue weighted by Crippen LogP contribution is 2.37. The summed E-state index contributed by atoms with van der Waals surface area (Å²) in [5.41, 5.74) is 1.66. The highest BCUT2D eigenvalue weighted by atomic mass is 35.5. The van der Waals surface area contributed by atoms with Gasteiger partial charge in [-0.3, -0.25) is 9.69 Å². The second-order valence-electron chi connectivity index (χ2n) is 6.56. The van der Waals surface area contributed by atoms with Crippen LogP contribution >= 0.6 is 47.2 Å². The molecule has 0 aromatic heterocycles. The first-order chi connectivity index (χ1) is 14.9. The van der Waals surface area contributed by atoms with Gasteiger partial charge < -0.3 is 4.74 Å².